The van der Waals surface area contributed by atoms with Crippen LogP contribution in [0.2, 0.25) is 0 Å². The number of hydrogen-bond acceptors (Lipinski definition) is 3. The molecule has 0 N–H and O–H groups in total. The second kappa shape index (κ2) is 4.37. The molecular weight excluding hydrogens is 170 g/mol. The second-order valence-corrected chi connectivity index (χ2v) is 3.48. The Labute approximate surface area is 77.8 Å². The maximum absolute atomic E-state index is 11.2. The first-order valence-corrected chi connectivity index (χ1v) is 4.46. The normalized spacial score (nSPS) is 19.7. The third kappa shape index (κ3) is 2.52. The number of amides is 1. The highest BCUT2D eigenvalue weighted by atomic mass is 16.5. The van der Waals surface area contributed by atoms with E-state index in [0.717, 1.165) is 0 Å². The molecule has 1 unspecified atom stereocenters. The molecule has 0 saturated carbocycles. The molecule has 0 aliphatic carbocycles. The van der Waals surface area contributed by atoms with Crippen molar-refractivity contribution in [1.29, 1.82) is 0 Å². The largest absolute Gasteiger partial charge is 0.384 e. The Kier molecular flexibility index (Phi) is 3.42. The molecule has 0 spiro atoms. The summed E-state index contributed by atoms with van der Waals surface area (Å²) in [4.78, 5) is 23.7. The molecule has 1 fully saturated rings. The van der Waals surface area contributed by atoms with Gasteiger partial charge in [-0.05, 0) is 5.92 Å². The molecule has 4 nitrogen and oxygen atoms in total. The third-order valence-electron chi connectivity index (χ3n) is 2.12. The lowest BCUT2D eigenvalue weighted by Gasteiger charge is -2.18. The van der Waals surface area contributed by atoms with Gasteiger partial charge in [0.25, 0.3) is 5.91 Å². The van der Waals surface area contributed by atoms with E-state index in [4.69, 9.17) is 4.74 Å². The molecule has 4 heteroatoms. The van der Waals surface area contributed by atoms with Gasteiger partial charge in [-0.15, -0.1) is 0 Å². The number of ether oxygens (including phenoxy) is 1. The first kappa shape index (κ1) is 10.2. The monoisotopic (exact) mass is 185 g/mol. The average molecular weight is 185 g/mol. The van der Waals surface area contributed by atoms with Crippen molar-refractivity contribution in [2.75, 3.05) is 26.8 Å². The number of methoxy groups -OCH3 is 1. The van der Waals surface area contributed by atoms with Crippen molar-refractivity contribution >= 4 is 11.7 Å². The molecule has 0 aromatic rings. The van der Waals surface area contributed by atoms with Gasteiger partial charge in [0, 0.05) is 26.6 Å². The van der Waals surface area contributed by atoms with Gasteiger partial charge in [-0.2, -0.15) is 0 Å². The Bertz CT molecular complexity index is 215. The van der Waals surface area contributed by atoms with Crippen LogP contribution < -0.4 is 0 Å². The van der Waals surface area contributed by atoms with Gasteiger partial charge in [0.2, 0.25) is 5.78 Å². The zero-order valence-corrected chi connectivity index (χ0v) is 8.08. The Morgan fingerprint density at radius 1 is 1.54 bits per heavy atom. The van der Waals surface area contributed by atoms with E-state index in [-0.39, 0.29) is 11.7 Å². The van der Waals surface area contributed by atoms with Gasteiger partial charge in [-0.25, -0.2) is 0 Å². The Morgan fingerprint density at radius 2 is 2.23 bits per heavy atom. The van der Waals surface area contributed by atoms with Crippen LogP contribution in [0.15, 0.2) is 0 Å². The van der Waals surface area contributed by atoms with Gasteiger partial charge >= 0.3 is 0 Å². The molecule has 74 valence electrons. The summed E-state index contributed by atoms with van der Waals surface area (Å²) in [5.41, 5.74) is 0. The number of nitrogens with zero attached hydrogens (tertiary/aromatic N) is 1. The van der Waals surface area contributed by atoms with Crippen molar-refractivity contribution in [2.24, 2.45) is 5.92 Å². The highest BCUT2D eigenvalue weighted by molar-refractivity contribution is 6.37. The van der Waals surface area contributed by atoms with E-state index in [9.17, 15) is 9.59 Å². The minimum atomic E-state index is -0.331. The van der Waals surface area contributed by atoms with E-state index in [0.29, 0.717) is 32.0 Å². The van der Waals surface area contributed by atoms with Crippen LogP contribution in [0.4, 0.5) is 0 Å². The summed E-state index contributed by atoms with van der Waals surface area (Å²) in [6.45, 7) is 3.82. The van der Waals surface area contributed by atoms with E-state index >= 15 is 0 Å². The molecule has 0 aromatic carbocycles. The van der Waals surface area contributed by atoms with Crippen LogP contribution in [0.5, 0.6) is 0 Å². The Morgan fingerprint density at radius 3 is 2.69 bits per heavy atom. The van der Waals surface area contributed by atoms with Gasteiger partial charge in [0.15, 0.2) is 0 Å². The highest BCUT2D eigenvalue weighted by Gasteiger charge is 2.29. The van der Waals surface area contributed by atoms with Gasteiger partial charge in [0.05, 0.1) is 6.61 Å². The lowest BCUT2D eigenvalue weighted by molar-refractivity contribution is -0.140. The zero-order chi connectivity index (χ0) is 9.84. The van der Waals surface area contributed by atoms with Crippen LogP contribution in [0.3, 0.4) is 0 Å². The molecule has 1 aliphatic heterocycles. The number of likely N-dealkylation sites (tertiary alicyclic amines) is 1. The fourth-order valence-electron chi connectivity index (χ4n) is 1.51. The molecular formula is C9H15NO3. The van der Waals surface area contributed by atoms with Crippen molar-refractivity contribution in [2.45, 2.75) is 13.3 Å². The number of hydrogen-bond donors (Lipinski definition) is 0. The maximum Gasteiger partial charge on any atom is 0.290 e. The number of Topliss-reactive ketones (excluding diaryl/α,β-unsaturated/α-hetero) is 1. The van der Waals surface area contributed by atoms with Gasteiger partial charge in [-0.1, -0.05) is 6.92 Å². The summed E-state index contributed by atoms with van der Waals surface area (Å²) in [5, 5.41) is 0. The minimum absolute atomic E-state index is 0.260. The molecule has 1 rings (SSSR count). The summed E-state index contributed by atoms with van der Waals surface area (Å²) < 4.78 is 4.95. The highest BCUT2D eigenvalue weighted by Crippen LogP contribution is 2.09. The predicted octanol–water partition coefficient (Wildman–Crippen LogP) is 0.0703. The number of carbonyl (C=O) groups excluding carboxylic acids is 2. The van der Waals surface area contributed by atoms with E-state index in [2.05, 4.69) is 0 Å². The Hall–Kier alpha value is -0.900. The third-order valence-corrected chi connectivity index (χ3v) is 2.12. The average Bonchev–Trinajstić information content (AvgIpc) is 2.37. The molecule has 1 atom stereocenters. The van der Waals surface area contributed by atoms with Crippen LogP contribution in [-0.4, -0.2) is 43.4 Å². The van der Waals surface area contributed by atoms with Crippen LogP contribution in [-0.2, 0) is 14.3 Å². The summed E-state index contributed by atoms with van der Waals surface area (Å²) in [7, 11) is 1.63. The minimum Gasteiger partial charge on any atom is -0.384 e. The fourth-order valence-corrected chi connectivity index (χ4v) is 1.51. The molecule has 1 amide bonds. The van der Waals surface area contributed by atoms with Crippen molar-refractivity contribution in [3.05, 3.63) is 0 Å². The lowest BCUT2D eigenvalue weighted by atomic mass is 10.2. The summed E-state index contributed by atoms with van der Waals surface area (Å²) in [5.74, 6) is -0.299. The molecule has 1 aliphatic rings. The summed E-state index contributed by atoms with van der Waals surface area (Å²) >= 11 is 0. The maximum atomic E-state index is 11.2. The quantitative estimate of drug-likeness (QED) is 0.582. The second-order valence-electron chi connectivity index (χ2n) is 3.48. The van der Waals surface area contributed by atoms with E-state index in [1.165, 1.54) is 0 Å². The SMILES string of the molecule is COCC(C)CN1CCC(=O)C1=O. The first-order chi connectivity index (χ1) is 6.15. The smallest absolute Gasteiger partial charge is 0.290 e. The van der Waals surface area contributed by atoms with Crippen LogP contribution in [0.1, 0.15) is 13.3 Å². The lowest BCUT2D eigenvalue weighted by Crippen LogP contribution is -2.32. The Balaban J connectivity index is 2.37. The molecule has 0 bridgehead atoms. The molecule has 0 aromatic heterocycles. The van der Waals surface area contributed by atoms with Crippen molar-refractivity contribution in [3.8, 4) is 0 Å². The van der Waals surface area contributed by atoms with Gasteiger partial charge in [0.1, 0.15) is 0 Å². The van der Waals surface area contributed by atoms with E-state index < -0.39 is 0 Å². The number of rotatable bonds is 4. The molecule has 1 heterocycles. The van der Waals surface area contributed by atoms with Crippen LogP contribution in [0, 0.1) is 5.92 Å². The zero-order valence-electron chi connectivity index (χ0n) is 8.08. The summed E-state index contributed by atoms with van der Waals surface area (Å²) in [6.07, 6.45) is 0.374. The number of carbonyl (C=O) groups is 2. The molecule has 13 heavy (non-hydrogen) atoms. The van der Waals surface area contributed by atoms with Crippen LogP contribution >= 0.6 is 0 Å². The first-order valence-electron chi connectivity index (χ1n) is 4.46. The topological polar surface area (TPSA) is 46.6 Å². The van der Waals surface area contributed by atoms with Gasteiger partial charge < -0.3 is 9.64 Å². The molecule has 1 saturated heterocycles. The molecule has 0 radical (unpaired) electrons. The standard InChI is InChI=1S/C9H15NO3/c1-7(6-13-2)5-10-4-3-8(11)9(10)12/h7H,3-6H2,1-2H3. The fraction of sp³-hybridized carbons (Fsp3) is 0.778. The van der Waals surface area contributed by atoms with Crippen molar-refractivity contribution < 1.29 is 14.3 Å². The summed E-state index contributed by atoms with van der Waals surface area (Å²) in [6, 6.07) is 0. The van der Waals surface area contributed by atoms with E-state index in [1.807, 2.05) is 6.92 Å². The van der Waals surface area contributed by atoms with Crippen LogP contribution in [0.25, 0.3) is 0 Å². The van der Waals surface area contributed by atoms with E-state index in [1.54, 1.807) is 12.0 Å². The number of ketones is 1. The van der Waals surface area contributed by atoms with Crippen molar-refractivity contribution in [1.82, 2.24) is 4.90 Å². The predicted molar refractivity (Wildman–Crippen MR) is 47.2 cm³/mol. The van der Waals surface area contributed by atoms with Crippen molar-refractivity contribution in [3.63, 3.8) is 0 Å². The van der Waals surface area contributed by atoms with Gasteiger partial charge in [-0.3, -0.25) is 9.59 Å².